The third-order valence-electron chi connectivity index (χ3n) is 14.4. The second-order valence-electron chi connectivity index (χ2n) is 20.7. The predicted molar refractivity (Wildman–Crippen MR) is 275 cm³/mol. The van der Waals surface area contributed by atoms with E-state index in [4.69, 9.17) is 9.47 Å². The summed E-state index contributed by atoms with van der Waals surface area (Å²) in [5.41, 5.74) is 0. The molecule has 0 aromatic heterocycles. The topological polar surface area (TPSA) is 189 Å². The van der Waals surface area contributed by atoms with E-state index in [1.54, 1.807) is 0 Å². The first-order valence-electron chi connectivity index (χ1n) is 28.9. The lowest BCUT2D eigenvalue weighted by atomic mass is 9.98. The molecule has 1 aliphatic heterocycles. The summed E-state index contributed by atoms with van der Waals surface area (Å²) in [6.45, 7) is 3.47. The van der Waals surface area contributed by atoms with Gasteiger partial charge in [0.25, 0.3) is 0 Å². The third kappa shape index (κ3) is 35.0. The highest BCUT2D eigenvalue weighted by Gasteiger charge is 2.44. The molecule has 1 aliphatic rings. The van der Waals surface area contributed by atoms with E-state index in [1.807, 2.05) is 0 Å². The molecule has 0 bridgehead atoms. The molecule has 9 atom stereocenters. The largest absolute Gasteiger partial charge is 0.394 e. The van der Waals surface area contributed by atoms with Gasteiger partial charge in [-0.15, -0.1) is 0 Å². The first-order chi connectivity index (χ1) is 32.7. The van der Waals surface area contributed by atoms with Crippen LogP contribution in [0.3, 0.4) is 0 Å². The molecule has 9 unspecified atom stereocenters. The molecule has 11 nitrogen and oxygen atoms in total. The summed E-state index contributed by atoms with van der Waals surface area (Å²) < 4.78 is 11.1. The Kier molecular flexibility index (Phi) is 44.2. The van der Waals surface area contributed by atoms with Crippen molar-refractivity contribution < 1.29 is 50.0 Å². The maximum absolute atomic E-state index is 13.1. The van der Waals surface area contributed by atoms with Crippen LogP contribution >= 0.6 is 0 Å². The summed E-state index contributed by atoms with van der Waals surface area (Å²) in [5, 5.41) is 76.0. The summed E-state index contributed by atoms with van der Waals surface area (Å²) in [6.07, 6.45) is 40.3. The van der Waals surface area contributed by atoms with Gasteiger partial charge in [-0.1, -0.05) is 271 Å². The van der Waals surface area contributed by atoms with E-state index >= 15 is 0 Å². The fraction of sp³-hybridized carbons (Fsp3) is 0.982. The van der Waals surface area contributed by atoms with Crippen molar-refractivity contribution in [3.8, 4) is 0 Å². The summed E-state index contributed by atoms with van der Waals surface area (Å²) in [7, 11) is 0. The molecule has 0 radical (unpaired) electrons. The molecule has 1 heterocycles. The first kappa shape index (κ1) is 64.1. The normalized spacial score (nSPS) is 20.5. The van der Waals surface area contributed by atoms with Crippen molar-refractivity contribution in [1.29, 1.82) is 0 Å². The standard InChI is InChI=1S/C56H111NO10/c1-3-5-7-9-11-13-15-17-18-19-20-21-22-23-24-25-26-27-28-29-30-31-32-34-35-37-39-41-43-48(59)51(61)47(46-66-56-54(64)53(63)52(62)50(45-58)67-56)57-55(65)49(60)44-42-40-38-36-33-16-14-12-10-8-6-4-2/h47-54,56,58-64H,3-46H2,1-2H3,(H,57,65). The van der Waals surface area contributed by atoms with Gasteiger partial charge in [0.2, 0.25) is 5.91 Å². The van der Waals surface area contributed by atoms with Gasteiger partial charge in [-0.3, -0.25) is 4.79 Å². The van der Waals surface area contributed by atoms with E-state index < -0.39 is 74.2 Å². The molecule has 1 rings (SSSR count). The Morgan fingerprint density at radius 2 is 0.776 bits per heavy atom. The lowest BCUT2D eigenvalue weighted by molar-refractivity contribution is -0.303. The van der Waals surface area contributed by atoms with Crippen LogP contribution in [0.2, 0.25) is 0 Å². The fourth-order valence-electron chi connectivity index (χ4n) is 9.68. The maximum Gasteiger partial charge on any atom is 0.249 e. The lowest BCUT2D eigenvalue weighted by Gasteiger charge is -2.40. The van der Waals surface area contributed by atoms with Gasteiger partial charge >= 0.3 is 0 Å². The second-order valence-corrected chi connectivity index (χ2v) is 20.7. The van der Waals surface area contributed by atoms with Crippen LogP contribution in [0, 0.1) is 0 Å². The first-order valence-corrected chi connectivity index (χ1v) is 28.9. The highest BCUT2D eigenvalue weighted by Crippen LogP contribution is 2.24. The monoisotopic (exact) mass is 958 g/mol. The van der Waals surface area contributed by atoms with Gasteiger partial charge in [0.1, 0.15) is 36.6 Å². The summed E-state index contributed by atoms with van der Waals surface area (Å²) in [4.78, 5) is 13.1. The highest BCUT2D eigenvalue weighted by atomic mass is 16.7. The van der Waals surface area contributed by atoms with Crippen LogP contribution in [-0.4, -0.2) is 110 Å². The van der Waals surface area contributed by atoms with Crippen molar-refractivity contribution in [3.63, 3.8) is 0 Å². The average Bonchev–Trinajstić information content (AvgIpc) is 3.33. The molecule has 1 fully saturated rings. The van der Waals surface area contributed by atoms with E-state index in [0.29, 0.717) is 19.3 Å². The minimum Gasteiger partial charge on any atom is -0.394 e. The molecular formula is C56H111NO10. The molecule has 1 amide bonds. The Labute approximate surface area is 411 Å². The number of nitrogens with one attached hydrogen (secondary N) is 1. The Morgan fingerprint density at radius 1 is 0.463 bits per heavy atom. The number of ether oxygens (including phenoxy) is 2. The molecule has 11 heteroatoms. The molecule has 0 aromatic rings. The Morgan fingerprint density at radius 3 is 1.10 bits per heavy atom. The van der Waals surface area contributed by atoms with Crippen molar-refractivity contribution in [1.82, 2.24) is 5.32 Å². The predicted octanol–water partition coefficient (Wildman–Crippen LogP) is 11.8. The number of amides is 1. The molecule has 1 saturated heterocycles. The molecule has 0 aliphatic carbocycles. The number of unbranched alkanes of at least 4 members (excludes halogenated alkanes) is 38. The highest BCUT2D eigenvalue weighted by molar-refractivity contribution is 5.80. The lowest BCUT2D eigenvalue weighted by Crippen LogP contribution is -2.60. The molecule has 0 aromatic carbocycles. The number of carbonyl (C=O) groups excluding carboxylic acids is 1. The van der Waals surface area contributed by atoms with E-state index in [1.165, 1.54) is 205 Å². The number of aliphatic hydroxyl groups is 7. The van der Waals surface area contributed by atoms with Crippen molar-refractivity contribution in [3.05, 3.63) is 0 Å². The van der Waals surface area contributed by atoms with Crippen LogP contribution in [0.15, 0.2) is 0 Å². The molecule has 67 heavy (non-hydrogen) atoms. The smallest absolute Gasteiger partial charge is 0.249 e. The minimum atomic E-state index is -1.66. The van der Waals surface area contributed by atoms with E-state index in [-0.39, 0.29) is 6.42 Å². The van der Waals surface area contributed by atoms with Gasteiger partial charge in [-0.25, -0.2) is 0 Å². The summed E-state index contributed by atoms with van der Waals surface area (Å²) in [6, 6.07) is -1.16. The van der Waals surface area contributed by atoms with Gasteiger partial charge < -0.3 is 50.5 Å². The zero-order chi connectivity index (χ0) is 49.0. The zero-order valence-corrected chi connectivity index (χ0v) is 43.7. The number of carbonyl (C=O) groups is 1. The fourth-order valence-corrected chi connectivity index (χ4v) is 9.68. The maximum atomic E-state index is 13.1. The third-order valence-corrected chi connectivity index (χ3v) is 14.4. The van der Waals surface area contributed by atoms with Gasteiger partial charge in [0.05, 0.1) is 25.4 Å². The molecule has 400 valence electrons. The van der Waals surface area contributed by atoms with Crippen LogP contribution in [0.25, 0.3) is 0 Å². The van der Waals surface area contributed by atoms with Crippen molar-refractivity contribution in [2.45, 2.75) is 339 Å². The SMILES string of the molecule is CCCCCCCCCCCCCCCCCCCCCCCCCCCCCCC(O)C(O)C(COC1OC(CO)C(O)C(O)C1O)NC(=O)C(O)CCCCCCCCCCCCCC. The minimum absolute atomic E-state index is 0.266. The summed E-state index contributed by atoms with van der Waals surface area (Å²) >= 11 is 0. The van der Waals surface area contributed by atoms with Gasteiger partial charge in [-0.05, 0) is 12.8 Å². The number of aliphatic hydroxyl groups excluding tert-OH is 7. The molecule has 0 spiro atoms. The molecule has 0 saturated carbocycles. The van der Waals surface area contributed by atoms with Crippen LogP contribution in [-0.2, 0) is 14.3 Å². The second kappa shape index (κ2) is 46.2. The van der Waals surface area contributed by atoms with Crippen LogP contribution in [0.4, 0.5) is 0 Å². The average molecular weight is 959 g/mol. The van der Waals surface area contributed by atoms with Crippen molar-refractivity contribution >= 4 is 5.91 Å². The summed E-state index contributed by atoms with van der Waals surface area (Å²) in [5.74, 6) is -0.692. The van der Waals surface area contributed by atoms with Gasteiger partial charge in [-0.2, -0.15) is 0 Å². The van der Waals surface area contributed by atoms with E-state index in [9.17, 15) is 40.5 Å². The van der Waals surface area contributed by atoms with Crippen LogP contribution < -0.4 is 5.32 Å². The van der Waals surface area contributed by atoms with Crippen LogP contribution in [0.5, 0.6) is 0 Å². The molecular weight excluding hydrogens is 847 g/mol. The Bertz CT molecular complexity index is 1050. The Balaban J connectivity index is 2.23. The number of rotatable bonds is 50. The quantitative estimate of drug-likeness (QED) is 0.0273. The van der Waals surface area contributed by atoms with Gasteiger partial charge in [0, 0.05) is 0 Å². The van der Waals surface area contributed by atoms with Crippen molar-refractivity contribution in [2.75, 3.05) is 13.2 Å². The van der Waals surface area contributed by atoms with E-state index in [0.717, 1.165) is 38.5 Å². The van der Waals surface area contributed by atoms with Crippen LogP contribution in [0.1, 0.15) is 284 Å². The van der Waals surface area contributed by atoms with Crippen molar-refractivity contribution in [2.24, 2.45) is 0 Å². The number of hydrogen-bond donors (Lipinski definition) is 8. The molecule has 8 N–H and O–H groups in total. The van der Waals surface area contributed by atoms with Gasteiger partial charge in [0.15, 0.2) is 6.29 Å². The van der Waals surface area contributed by atoms with E-state index in [2.05, 4.69) is 19.2 Å². The zero-order valence-electron chi connectivity index (χ0n) is 43.7. The number of hydrogen-bond acceptors (Lipinski definition) is 10. The Hall–Kier alpha value is -0.890.